The Labute approximate surface area is 90.1 Å². The molecule has 0 aliphatic rings. The van der Waals surface area contributed by atoms with Crippen LogP contribution in [0.2, 0.25) is 0 Å². The Hall–Kier alpha value is -0.930. The quantitative estimate of drug-likeness (QED) is 0.777. The molecule has 0 aromatic heterocycles. The largest absolute Gasteiger partial charge is 0.392 e. The Kier molecular flexibility index (Phi) is 4.72. The molecular formula is C12H18FNO. The molecule has 0 fully saturated rings. The average molecular weight is 211 g/mol. The fraction of sp³-hybridized carbons (Fsp3) is 0.500. The van der Waals surface area contributed by atoms with Crippen LogP contribution in [0.3, 0.4) is 0 Å². The zero-order valence-corrected chi connectivity index (χ0v) is 9.20. The van der Waals surface area contributed by atoms with Crippen LogP contribution in [-0.4, -0.2) is 23.8 Å². The first-order valence-electron chi connectivity index (χ1n) is 5.26. The molecule has 0 aliphatic heterocycles. The van der Waals surface area contributed by atoms with Crippen LogP contribution < -0.4 is 5.32 Å². The molecule has 0 radical (unpaired) electrons. The van der Waals surface area contributed by atoms with E-state index in [1.807, 2.05) is 13.0 Å². The number of aliphatic hydroxyl groups is 1. The van der Waals surface area contributed by atoms with E-state index in [2.05, 4.69) is 5.32 Å². The summed E-state index contributed by atoms with van der Waals surface area (Å²) in [4.78, 5) is 0. The lowest BCUT2D eigenvalue weighted by Gasteiger charge is -2.16. The fourth-order valence-electron chi connectivity index (χ4n) is 1.31. The minimum Gasteiger partial charge on any atom is -0.392 e. The summed E-state index contributed by atoms with van der Waals surface area (Å²) in [6, 6.07) is 6.80. The molecule has 0 spiro atoms. The van der Waals surface area contributed by atoms with Crippen LogP contribution in [0, 0.1) is 5.82 Å². The van der Waals surface area contributed by atoms with Gasteiger partial charge in [-0.05, 0) is 38.4 Å². The van der Waals surface area contributed by atoms with Crippen molar-refractivity contribution >= 4 is 0 Å². The van der Waals surface area contributed by atoms with E-state index in [0.29, 0.717) is 18.5 Å². The summed E-state index contributed by atoms with van der Waals surface area (Å²) in [7, 11) is 0. The van der Waals surface area contributed by atoms with Gasteiger partial charge in [-0.15, -0.1) is 0 Å². The maximum Gasteiger partial charge on any atom is 0.126 e. The van der Waals surface area contributed by atoms with Gasteiger partial charge < -0.3 is 10.4 Å². The van der Waals surface area contributed by atoms with Gasteiger partial charge in [0.05, 0.1) is 6.10 Å². The average Bonchev–Trinajstić information content (AvgIpc) is 2.20. The van der Waals surface area contributed by atoms with Crippen LogP contribution in [0.15, 0.2) is 24.3 Å². The summed E-state index contributed by atoms with van der Waals surface area (Å²) in [6.07, 6.45) is 0.259. The van der Waals surface area contributed by atoms with Crippen LogP contribution in [0.25, 0.3) is 0 Å². The molecule has 0 saturated carbocycles. The Balaban J connectivity index is 2.35. The van der Waals surface area contributed by atoms with Crippen LogP contribution in [0.5, 0.6) is 0 Å². The van der Waals surface area contributed by atoms with Gasteiger partial charge in [-0.25, -0.2) is 4.39 Å². The van der Waals surface area contributed by atoms with E-state index < -0.39 is 0 Å². The van der Waals surface area contributed by atoms with E-state index in [1.165, 1.54) is 6.07 Å². The summed E-state index contributed by atoms with van der Waals surface area (Å²) in [5.41, 5.74) is 0.711. The number of benzene rings is 1. The lowest BCUT2D eigenvalue weighted by atomic mass is 10.1. The standard InChI is InChI=1S/C12H18FNO/c1-9(10(2)15)14-8-7-11-5-3-4-6-12(11)13/h3-6,9-10,14-15H,7-8H2,1-2H3. The predicted molar refractivity (Wildman–Crippen MR) is 59.2 cm³/mol. The fourth-order valence-corrected chi connectivity index (χ4v) is 1.31. The summed E-state index contributed by atoms with van der Waals surface area (Å²) >= 11 is 0. The van der Waals surface area contributed by atoms with Crippen molar-refractivity contribution in [3.05, 3.63) is 35.6 Å². The Bertz CT molecular complexity index is 301. The molecule has 84 valence electrons. The molecule has 15 heavy (non-hydrogen) atoms. The molecule has 1 aromatic rings. The minimum absolute atomic E-state index is 0.0387. The van der Waals surface area contributed by atoms with Crippen molar-refractivity contribution in [2.45, 2.75) is 32.4 Å². The summed E-state index contributed by atoms with van der Waals surface area (Å²) in [5, 5.41) is 12.4. The van der Waals surface area contributed by atoms with E-state index in [-0.39, 0.29) is 18.0 Å². The van der Waals surface area contributed by atoms with Gasteiger partial charge in [0, 0.05) is 6.04 Å². The van der Waals surface area contributed by atoms with Gasteiger partial charge in [-0.2, -0.15) is 0 Å². The smallest absolute Gasteiger partial charge is 0.126 e. The van der Waals surface area contributed by atoms with E-state index in [0.717, 1.165) is 0 Å². The number of hydrogen-bond acceptors (Lipinski definition) is 2. The second kappa shape index (κ2) is 5.83. The van der Waals surface area contributed by atoms with Crippen molar-refractivity contribution in [3.8, 4) is 0 Å². The van der Waals surface area contributed by atoms with Crippen molar-refractivity contribution in [1.29, 1.82) is 0 Å². The summed E-state index contributed by atoms with van der Waals surface area (Å²) < 4.78 is 13.2. The Morgan fingerprint density at radius 3 is 2.60 bits per heavy atom. The number of halogens is 1. The third-order valence-electron chi connectivity index (χ3n) is 2.54. The minimum atomic E-state index is -0.384. The van der Waals surface area contributed by atoms with Gasteiger partial charge in [0.1, 0.15) is 5.82 Å². The molecule has 3 heteroatoms. The number of hydrogen-bond donors (Lipinski definition) is 2. The van der Waals surface area contributed by atoms with Gasteiger partial charge in [-0.1, -0.05) is 18.2 Å². The SMILES string of the molecule is CC(O)C(C)NCCc1ccccc1F. The molecule has 2 N–H and O–H groups in total. The van der Waals surface area contributed by atoms with E-state index in [4.69, 9.17) is 0 Å². The molecule has 1 rings (SSSR count). The monoisotopic (exact) mass is 211 g/mol. The first kappa shape index (κ1) is 12.1. The lowest BCUT2D eigenvalue weighted by Crippen LogP contribution is -2.36. The van der Waals surface area contributed by atoms with Crippen LogP contribution in [-0.2, 0) is 6.42 Å². The molecule has 0 saturated heterocycles. The highest BCUT2D eigenvalue weighted by Gasteiger charge is 2.07. The lowest BCUT2D eigenvalue weighted by molar-refractivity contribution is 0.153. The van der Waals surface area contributed by atoms with E-state index in [1.54, 1.807) is 19.1 Å². The molecule has 1 aromatic carbocycles. The Morgan fingerprint density at radius 1 is 1.33 bits per heavy atom. The zero-order chi connectivity index (χ0) is 11.3. The molecule has 0 bridgehead atoms. The van der Waals surface area contributed by atoms with E-state index >= 15 is 0 Å². The highest BCUT2D eigenvalue weighted by atomic mass is 19.1. The third-order valence-corrected chi connectivity index (χ3v) is 2.54. The van der Waals surface area contributed by atoms with Gasteiger partial charge in [-0.3, -0.25) is 0 Å². The number of rotatable bonds is 5. The predicted octanol–water partition coefficient (Wildman–Crippen LogP) is 1.73. The van der Waals surface area contributed by atoms with Crippen molar-refractivity contribution in [2.75, 3.05) is 6.54 Å². The van der Waals surface area contributed by atoms with Crippen LogP contribution >= 0.6 is 0 Å². The Morgan fingerprint density at radius 2 is 2.00 bits per heavy atom. The van der Waals surface area contributed by atoms with Gasteiger partial charge in [0.15, 0.2) is 0 Å². The molecule has 0 amide bonds. The second-order valence-electron chi connectivity index (χ2n) is 3.82. The second-order valence-corrected chi connectivity index (χ2v) is 3.82. The topological polar surface area (TPSA) is 32.3 Å². The number of nitrogens with one attached hydrogen (secondary N) is 1. The molecule has 0 heterocycles. The highest BCUT2D eigenvalue weighted by molar-refractivity contribution is 5.17. The summed E-state index contributed by atoms with van der Waals surface area (Å²) in [5.74, 6) is -0.163. The van der Waals surface area contributed by atoms with Gasteiger partial charge in [0.2, 0.25) is 0 Å². The summed E-state index contributed by atoms with van der Waals surface area (Å²) in [6.45, 7) is 4.32. The van der Waals surface area contributed by atoms with Gasteiger partial charge >= 0.3 is 0 Å². The highest BCUT2D eigenvalue weighted by Crippen LogP contribution is 2.06. The van der Waals surface area contributed by atoms with Crippen molar-refractivity contribution < 1.29 is 9.50 Å². The van der Waals surface area contributed by atoms with Crippen LogP contribution in [0.4, 0.5) is 4.39 Å². The maximum absolute atomic E-state index is 13.2. The van der Waals surface area contributed by atoms with Crippen molar-refractivity contribution in [2.24, 2.45) is 0 Å². The molecular weight excluding hydrogens is 193 g/mol. The molecule has 2 atom stereocenters. The van der Waals surface area contributed by atoms with Gasteiger partial charge in [0.25, 0.3) is 0 Å². The van der Waals surface area contributed by atoms with Crippen molar-refractivity contribution in [3.63, 3.8) is 0 Å². The normalized spacial score (nSPS) is 14.9. The molecule has 0 aliphatic carbocycles. The number of aliphatic hydroxyl groups excluding tert-OH is 1. The van der Waals surface area contributed by atoms with E-state index in [9.17, 15) is 9.50 Å². The third kappa shape index (κ3) is 3.98. The zero-order valence-electron chi connectivity index (χ0n) is 9.20. The first-order chi connectivity index (χ1) is 7.11. The molecule has 2 nitrogen and oxygen atoms in total. The van der Waals surface area contributed by atoms with Crippen molar-refractivity contribution in [1.82, 2.24) is 5.32 Å². The van der Waals surface area contributed by atoms with Crippen LogP contribution in [0.1, 0.15) is 19.4 Å². The first-order valence-corrected chi connectivity index (χ1v) is 5.26. The maximum atomic E-state index is 13.2. The molecule has 2 unspecified atom stereocenters.